The van der Waals surface area contributed by atoms with E-state index in [-0.39, 0.29) is 11.3 Å². The molecule has 2 atom stereocenters. The minimum absolute atomic E-state index is 0.0935. The summed E-state index contributed by atoms with van der Waals surface area (Å²) in [6, 6.07) is 1.68. The molecule has 1 unspecified atom stereocenters. The van der Waals surface area contributed by atoms with Gasteiger partial charge in [0.1, 0.15) is 16.4 Å². The first kappa shape index (κ1) is 17.9. The molecule has 0 saturated carbocycles. The first-order valence-corrected chi connectivity index (χ1v) is 8.42. The Hall–Kier alpha value is -1.44. The van der Waals surface area contributed by atoms with Crippen LogP contribution >= 0.6 is 0 Å². The average molecular weight is 341 g/mol. The van der Waals surface area contributed by atoms with Crippen molar-refractivity contribution >= 4 is 11.4 Å². The van der Waals surface area contributed by atoms with Gasteiger partial charge in [0, 0.05) is 29.2 Å². The Kier molecular flexibility index (Phi) is 5.13. The van der Waals surface area contributed by atoms with Crippen LogP contribution in [0.3, 0.4) is 0 Å². The summed E-state index contributed by atoms with van der Waals surface area (Å²) in [5, 5.41) is 0. The highest BCUT2D eigenvalue weighted by atomic mass is 32.2. The van der Waals surface area contributed by atoms with Crippen molar-refractivity contribution in [3.63, 3.8) is 0 Å². The zero-order valence-electron chi connectivity index (χ0n) is 13.9. The van der Waals surface area contributed by atoms with Crippen LogP contribution in [0.25, 0.3) is 5.69 Å². The van der Waals surface area contributed by atoms with Crippen molar-refractivity contribution in [2.24, 2.45) is 0 Å². The smallest absolute Gasteiger partial charge is 0.147 e. The number of rotatable bonds is 4. The standard InChI is InChI=1S/C16H21F2N3OS/c1-10-8-21(9-19-10)15-7-13(17)12(6-14(15)18)11(2)20-23(22)16(3,4)5/h6-9,11,20H,1-5H3/t11-,23?/m0/s1. The Morgan fingerprint density at radius 3 is 2.43 bits per heavy atom. The SMILES string of the molecule is Cc1cn(-c2cc(F)c([C@H](C)N[S+]([O-])C(C)(C)C)cc2F)cn1. The fourth-order valence-electron chi connectivity index (χ4n) is 2.04. The van der Waals surface area contributed by atoms with E-state index in [0.717, 1.165) is 12.1 Å². The van der Waals surface area contributed by atoms with Crippen LogP contribution in [0, 0.1) is 18.6 Å². The Morgan fingerprint density at radius 1 is 1.26 bits per heavy atom. The van der Waals surface area contributed by atoms with Crippen molar-refractivity contribution < 1.29 is 13.3 Å². The van der Waals surface area contributed by atoms with E-state index in [0.29, 0.717) is 5.69 Å². The number of aryl methyl sites for hydroxylation is 1. The van der Waals surface area contributed by atoms with Crippen LogP contribution in [-0.4, -0.2) is 18.9 Å². The zero-order chi connectivity index (χ0) is 17.4. The molecule has 1 aromatic carbocycles. The number of aromatic nitrogens is 2. The monoisotopic (exact) mass is 341 g/mol. The summed E-state index contributed by atoms with van der Waals surface area (Å²) < 4.78 is 44.6. The second-order valence-electron chi connectivity index (χ2n) is 6.47. The van der Waals surface area contributed by atoms with Gasteiger partial charge in [0.2, 0.25) is 0 Å². The van der Waals surface area contributed by atoms with Crippen LogP contribution in [-0.2, 0) is 11.4 Å². The summed E-state index contributed by atoms with van der Waals surface area (Å²) in [6.45, 7) is 8.86. The van der Waals surface area contributed by atoms with E-state index in [2.05, 4.69) is 9.71 Å². The molecule has 0 saturated heterocycles. The van der Waals surface area contributed by atoms with Gasteiger partial charge in [-0.1, -0.05) is 0 Å². The zero-order valence-corrected chi connectivity index (χ0v) is 14.7. The van der Waals surface area contributed by atoms with Crippen molar-refractivity contribution in [1.82, 2.24) is 14.3 Å². The van der Waals surface area contributed by atoms with Crippen molar-refractivity contribution in [2.45, 2.75) is 45.4 Å². The lowest BCUT2D eigenvalue weighted by Crippen LogP contribution is -2.40. The van der Waals surface area contributed by atoms with Crippen LogP contribution in [0.15, 0.2) is 24.7 Å². The Morgan fingerprint density at radius 2 is 1.91 bits per heavy atom. The van der Waals surface area contributed by atoms with Crippen molar-refractivity contribution in [2.75, 3.05) is 0 Å². The van der Waals surface area contributed by atoms with Crippen LogP contribution in [0.4, 0.5) is 8.78 Å². The molecule has 0 fully saturated rings. The number of nitrogens with zero attached hydrogens (tertiary/aromatic N) is 2. The molecule has 1 aromatic heterocycles. The van der Waals surface area contributed by atoms with Gasteiger partial charge in [-0.25, -0.2) is 13.8 Å². The predicted molar refractivity (Wildman–Crippen MR) is 87.7 cm³/mol. The molecule has 0 radical (unpaired) electrons. The van der Waals surface area contributed by atoms with Gasteiger partial charge in [-0.15, -0.1) is 4.72 Å². The van der Waals surface area contributed by atoms with E-state index in [4.69, 9.17) is 0 Å². The molecule has 2 rings (SSSR count). The third-order valence-corrected chi connectivity index (χ3v) is 5.04. The second-order valence-corrected chi connectivity index (χ2v) is 8.47. The number of nitrogens with one attached hydrogen (secondary N) is 1. The average Bonchev–Trinajstić information content (AvgIpc) is 2.86. The Bertz CT molecular complexity index is 697. The maximum absolute atomic E-state index is 14.4. The topological polar surface area (TPSA) is 52.9 Å². The van der Waals surface area contributed by atoms with Crippen molar-refractivity contribution in [3.8, 4) is 5.69 Å². The van der Waals surface area contributed by atoms with Gasteiger partial charge in [0.15, 0.2) is 0 Å². The Labute approximate surface area is 138 Å². The second kappa shape index (κ2) is 6.59. The summed E-state index contributed by atoms with van der Waals surface area (Å²) in [4.78, 5) is 4.01. The summed E-state index contributed by atoms with van der Waals surface area (Å²) in [7, 11) is 0. The van der Waals surface area contributed by atoms with Crippen molar-refractivity contribution in [1.29, 1.82) is 0 Å². The minimum Gasteiger partial charge on any atom is -0.598 e. The van der Waals surface area contributed by atoms with E-state index >= 15 is 0 Å². The molecule has 0 spiro atoms. The maximum Gasteiger partial charge on any atom is 0.147 e. The normalized spacial score (nSPS) is 14.8. The van der Waals surface area contributed by atoms with Gasteiger partial charge in [0.25, 0.3) is 0 Å². The molecule has 4 nitrogen and oxygen atoms in total. The molecule has 126 valence electrons. The van der Waals surface area contributed by atoms with E-state index in [1.807, 2.05) is 20.8 Å². The highest BCUT2D eigenvalue weighted by Gasteiger charge is 2.29. The number of halogens is 2. The van der Waals surface area contributed by atoms with Gasteiger partial charge in [0.05, 0.1) is 23.8 Å². The summed E-state index contributed by atoms with van der Waals surface area (Å²) in [5.74, 6) is -1.12. The largest absolute Gasteiger partial charge is 0.598 e. The quantitative estimate of drug-likeness (QED) is 0.865. The van der Waals surface area contributed by atoms with Gasteiger partial charge < -0.3 is 9.12 Å². The molecule has 2 aromatic rings. The van der Waals surface area contributed by atoms with Gasteiger partial charge in [-0.2, -0.15) is 0 Å². The highest BCUT2D eigenvalue weighted by molar-refractivity contribution is 7.90. The minimum atomic E-state index is -1.38. The van der Waals surface area contributed by atoms with Crippen LogP contribution in [0.5, 0.6) is 0 Å². The fraction of sp³-hybridized carbons (Fsp3) is 0.438. The maximum atomic E-state index is 14.4. The molecule has 23 heavy (non-hydrogen) atoms. The summed E-state index contributed by atoms with van der Waals surface area (Å²) in [5.41, 5.74) is 0.946. The molecule has 0 amide bonds. The molecule has 1 heterocycles. The highest BCUT2D eigenvalue weighted by Crippen LogP contribution is 2.25. The lowest BCUT2D eigenvalue weighted by atomic mass is 10.1. The first-order chi connectivity index (χ1) is 10.6. The molecule has 0 aliphatic heterocycles. The molecular weight excluding hydrogens is 320 g/mol. The molecular formula is C16H21F2N3OS. The van der Waals surface area contributed by atoms with E-state index in [9.17, 15) is 13.3 Å². The molecule has 0 bridgehead atoms. The van der Waals surface area contributed by atoms with Crippen LogP contribution < -0.4 is 4.72 Å². The van der Waals surface area contributed by atoms with E-state index < -0.39 is 33.8 Å². The number of imidazole rings is 1. The lowest BCUT2D eigenvalue weighted by molar-refractivity contribution is 0.518. The van der Waals surface area contributed by atoms with Gasteiger partial charge in [-0.3, -0.25) is 0 Å². The number of hydrogen-bond acceptors (Lipinski definition) is 3. The molecule has 0 aliphatic carbocycles. The van der Waals surface area contributed by atoms with Crippen LogP contribution in [0.2, 0.25) is 0 Å². The summed E-state index contributed by atoms with van der Waals surface area (Å²) >= 11 is -1.38. The third-order valence-electron chi connectivity index (χ3n) is 3.36. The number of hydrogen-bond donors (Lipinski definition) is 1. The first-order valence-electron chi connectivity index (χ1n) is 7.27. The van der Waals surface area contributed by atoms with Crippen molar-refractivity contribution in [3.05, 3.63) is 47.5 Å². The van der Waals surface area contributed by atoms with Gasteiger partial charge >= 0.3 is 0 Å². The van der Waals surface area contributed by atoms with Crippen LogP contribution in [0.1, 0.15) is 45.0 Å². The Balaban J connectivity index is 2.29. The predicted octanol–water partition coefficient (Wildman–Crippen LogP) is 3.57. The molecule has 0 aliphatic rings. The van der Waals surface area contributed by atoms with E-state index in [1.54, 1.807) is 20.0 Å². The van der Waals surface area contributed by atoms with E-state index in [1.165, 1.54) is 10.9 Å². The molecule has 1 N–H and O–H groups in total. The number of benzene rings is 1. The molecule has 7 heteroatoms. The van der Waals surface area contributed by atoms with Gasteiger partial charge in [-0.05, 0) is 40.7 Å². The fourth-order valence-corrected chi connectivity index (χ4v) is 2.84. The third kappa shape index (κ3) is 4.10. The summed E-state index contributed by atoms with van der Waals surface area (Å²) in [6.07, 6.45) is 3.05. The lowest BCUT2D eigenvalue weighted by Gasteiger charge is -2.26.